The van der Waals surface area contributed by atoms with Gasteiger partial charge in [-0.2, -0.15) is 0 Å². The lowest BCUT2D eigenvalue weighted by molar-refractivity contribution is 1.06. The van der Waals surface area contributed by atoms with E-state index in [0.717, 1.165) is 34.5 Å². The first-order valence-corrected chi connectivity index (χ1v) is 9.38. The zero-order valence-corrected chi connectivity index (χ0v) is 16.3. The molecule has 0 bridgehead atoms. The summed E-state index contributed by atoms with van der Waals surface area (Å²) in [7, 11) is 0. The number of imidazole rings is 1. The molecular formula is C20H15Cl2N3S. The molecule has 0 radical (unpaired) electrons. The molecule has 0 spiro atoms. The number of benzene rings is 2. The summed E-state index contributed by atoms with van der Waals surface area (Å²) in [4.78, 5) is 7.80. The minimum absolute atomic E-state index is 0.481. The van der Waals surface area contributed by atoms with Crippen molar-refractivity contribution in [1.29, 1.82) is 0 Å². The van der Waals surface area contributed by atoms with Gasteiger partial charge < -0.3 is 4.98 Å². The van der Waals surface area contributed by atoms with E-state index in [1.54, 1.807) is 18.3 Å². The quantitative estimate of drug-likeness (QED) is 0.393. The molecule has 0 unspecified atom stereocenters. The van der Waals surface area contributed by atoms with Crippen molar-refractivity contribution in [1.82, 2.24) is 14.4 Å². The fourth-order valence-electron chi connectivity index (χ4n) is 2.97. The molecule has 130 valence electrons. The average molecular weight is 400 g/mol. The van der Waals surface area contributed by atoms with Crippen LogP contribution in [0.1, 0.15) is 12.5 Å². The van der Waals surface area contributed by atoms with Crippen molar-refractivity contribution in [3.05, 3.63) is 75.2 Å². The molecule has 0 saturated heterocycles. The van der Waals surface area contributed by atoms with Crippen molar-refractivity contribution in [3.8, 4) is 22.4 Å². The van der Waals surface area contributed by atoms with Crippen LogP contribution in [0.3, 0.4) is 0 Å². The monoisotopic (exact) mass is 399 g/mol. The number of rotatable bonds is 3. The lowest BCUT2D eigenvalue weighted by Gasteiger charge is -2.07. The summed E-state index contributed by atoms with van der Waals surface area (Å²) >= 11 is 18.0. The number of H-pyrrole nitrogens is 1. The van der Waals surface area contributed by atoms with Gasteiger partial charge in [0.15, 0.2) is 0 Å². The summed E-state index contributed by atoms with van der Waals surface area (Å²) in [5, 5.41) is 1.23. The van der Waals surface area contributed by atoms with Crippen LogP contribution in [0.2, 0.25) is 10.0 Å². The van der Waals surface area contributed by atoms with Gasteiger partial charge in [0.2, 0.25) is 4.77 Å². The molecule has 0 aliphatic carbocycles. The highest BCUT2D eigenvalue weighted by atomic mass is 35.5. The average Bonchev–Trinajstić information content (AvgIpc) is 3.11. The minimum Gasteiger partial charge on any atom is -0.339 e. The second kappa shape index (κ2) is 6.88. The summed E-state index contributed by atoms with van der Waals surface area (Å²) in [5.74, 6) is 0. The second-order valence-electron chi connectivity index (χ2n) is 6.02. The predicted molar refractivity (Wildman–Crippen MR) is 111 cm³/mol. The first-order valence-electron chi connectivity index (χ1n) is 8.22. The third kappa shape index (κ3) is 3.05. The molecule has 3 nitrogen and oxygen atoms in total. The maximum absolute atomic E-state index is 6.39. The largest absolute Gasteiger partial charge is 0.339 e. The van der Waals surface area contributed by atoms with Crippen LogP contribution in [-0.4, -0.2) is 14.4 Å². The normalized spacial score (nSPS) is 11.2. The Kier molecular flexibility index (Phi) is 4.57. The van der Waals surface area contributed by atoms with Gasteiger partial charge in [-0.25, -0.2) is 4.98 Å². The highest BCUT2D eigenvalue weighted by Gasteiger charge is 2.13. The number of nitrogens with one attached hydrogen (secondary N) is 1. The van der Waals surface area contributed by atoms with Crippen LogP contribution >= 0.6 is 35.4 Å². The molecule has 26 heavy (non-hydrogen) atoms. The summed E-state index contributed by atoms with van der Waals surface area (Å²) in [6, 6.07) is 13.9. The van der Waals surface area contributed by atoms with Gasteiger partial charge in [-0.15, -0.1) is 0 Å². The van der Waals surface area contributed by atoms with Gasteiger partial charge in [-0.05, 0) is 48.0 Å². The third-order valence-corrected chi connectivity index (χ3v) is 5.28. The molecule has 2 aromatic heterocycles. The smallest absolute Gasteiger partial charge is 0.205 e. The molecule has 0 amide bonds. The van der Waals surface area contributed by atoms with Crippen molar-refractivity contribution in [2.45, 2.75) is 13.3 Å². The number of hydrogen-bond acceptors (Lipinski definition) is 2. The molecular weight excluding hydrogens is 385 g/mol. The van der Waals surface area contributed by atoms with Gasteiger partial charge in [-0.3, -0.25) is 4.40 Å². The maximum atomic E-state index is 6.39. The van der Waals surface area contributed by atoms with E-state index in [-0.39, 0.29) is 0 Å². The number of nitrogens with zero attached hydrogens (tertiary/aromatic N) is 2. The summed E-state index contributed by atoms with van der Waals surface area (Å²) < 4.78 is 2.35. The predicted octanol–water partition coefficient (Wildman–Crippen LogP) is 6.60. The second-order valence-corrected chi connectivity index (χ2v) is 7.22. The number of aromatic nitrogens is 3. The zero-order valence-electron chi connectivity index (χ0n) is 14.0. The fraction of sp³-hybridized carbons (Fsp3) is 0.100. The van der Waals surface area contributed by atoms with Crippen LogP contribution in [-0.2, 0) is 6.42 Å². The Bertz CT molecular complexity index is 1160. The summed E-state index contributed by atoms with van der Waals surface area (Å²) in [5.41, 5.74) is 5.85. The van der Waals surface area contributed by atoms with Crippen LogP contribution in [0, 0.1) is 4.77 Å². The van der Waals surface area contributed by atoms with E-state index in [2.05, 4.69) is 41.2 Å². The van der Waals surface area contributed by atoms with Crippen molar-refractivity contribution in [2.24, 2.45) is 0 Å². The highest BCUT2D eigenvalue weighted by molar-refractivity contribution is 7.71. The number of halogens is 2. The maximum Gasteiger partial charge on any atom is 0.205 e. The number of aryl methyl sites for hydroxylation is 1. The fourth-order valence-corrected chi connectivity index (χ4v) is 3.56. The van der Waals surface area contributed by atoms with Crippen LogP contribution in [0.15, 0.2) is 54.9 Å². The molecule has 4 rings (SSSR count). The van der Waals surface area contributed by atoms with Crippen molar-refractivity contribution >= 4 is 41.1 Å². The van der Waals surface area contributed by atoms with Gasteiger partial charge >= 0.3 is 0 Å². The Labute approximate surface area is 166 Å². The topological polar surface area (TPSA) is 33.1 Å². The Morgan fingerprint density at radius 3 is 2.58 bits per heavy atom. The first kappa shape index (κ1) is 17.3. The Hall–Kier alpha value is -2.14. The highest BCUT2D eigenvalue weighted by Crippen LogP contribution is 2.33. The van der Waals surface area contributed by atoms with Crippen LogP contribution in [0.4, 0.5) is 0 Å². The van der Waals surface area contributed by atoms with E-state index in [4.69, 9.17) is 35.4 Å². The minimum atomic E-state index is 0.481. The van der Waals surface area contributed by atoms with Crippen LogP contribution in [0.5, 0.6) is 0 Å². The zero-order chi connectivity index (χ0) is 18.3. The van der Waals surface area contributed by atoms with Crippen LogP contribution in [0.25, 0.3) is 28.0 Å². The van der Waals surface area contributed by atoms with Crippen molar-refractivity contribution < 1.29 is 0 Å². The lowest BCUT2D eigenvalue weighted by atomic mass is 10.1. The molecule has 0 atom stereocenters. The molecule has 2 aromatic carbocycles. The Morgan fingerprint density at radius 2 is 1.85 bits per heavy atom. The molecule has 0 fully saturated rings. The van der Waals surface area contributed by atoms with E-state index in [1.165, 1.54) is 5.56 Å². The van der Waals surface area contributed by atoms with E-state index in [9.17, 15) is 0 Å². The first-order chi connectivity index (χ1) is 12.6. The molecule has 2 heterocycles. The van der Waals surface area contributed by atoms with E-state index < -0.39 is 0 Å². The summed E-state index contributed by atoms with van der Waals surface area (Å²) in [6.07, 6.45) is 4.71. The Balaban J connectivity index is 1.93. The molecule has 1 N–H and O–H groups in total. The molecule has 0 saturated carbocycles. The van der Waals surface area contributed by atoms with Gasteiger partial charge in [0.05, 0.1) is 5.69 Å². The van der Waals surface area contributed by atoms with E-state index in [1.807, 2.05) is 16.7 Å². The summed E-state index contributed by atoms with van der Waals surface area (Å²) in [6.45, 7) is 2.14. The Morgan fingerprint density at radius 1 is 1.08 bits per heavy atom. The van der Waals surface area contributed by atoms with Gasteiger partial charge in [0, 0.05) is 33.6 Å². The van der Waals surface area contributed by atoms with E-state index >= 15 is 0 Å². The van der Waals surface area contributed by atoms with Crippen molar-refractivity contribution in [3.63, 3.8) is 0 Å². The lowest BCUT2D eigenvalue weighted by Crippen LogP contribution is -1.93. The standard InChI is InChI=1S/C20H15Cl2N3S/c1-2-12-3-5-13(6-4-12)18-11-25-19(24-18)16(10-23-20(25)26)15-9-14(21)7-8-17(15)22/h3-11,24H,2H2,1H3. The number of fused-ring (bicyclic) bond motifs is 1. The SMILES string of the molecule is CCc1ccc(-c2cn3c(=S)ncc(-c4cc(Cl)ccc4Cl)c3[nH]2)cc1. The third-order valence-electron chi connectivity index (χ3n) is 4.41. The van der Waals surface area contributed by atoms with Crippen LogP contribution < -0.4 is 0 Å². The van der Waals surface area contributed by atoms with Gasteiger partial charge in [0.1, 0.15) is 5.65 Å². The van der Waals surface area contributed by atoms with Gasteiger partial charge in [-0.1, -0.05) is 54.4 Å². The number of hydrogen-bond donors (Lipinski definition) is 1. The molecule has 0 aliphatic rings. The number of aromatic amines is 1. The molecule has 4 aromatic rings. The molecule has 0 aliphatic heterocycles. The van der Waals surface area contributed by atoms with E-state index in [0.29, 0.717) is 14.8 Å². The van der Waals surface area contributed by atoms with Gasteiger partial charge in [0.25, 0.3) is 0 Å². The van der Waals surface area contributed by atoms with Crippen molar-refractivity contribution in [2.75, 3.05) is 0 Å². The molecule has 6 heteroatoms.